The van der Waals surface area contributed by atoms with E-state index in [1.54, 1.807) is 17.8 Å². The zero-order valence-electron chi connectivity index (χ0n) is 15.2. The Balaban J connectivity index is 1.60. The molecule has 0 unspecified atom stereocenters. The van der Waals surface area contributed by atoms with Crippen LogP contribution in [0.4, 0.5) is 5.95 Å². The lowest BCUT2D eigenvalue weighted by Gasteiger charge is -2.33. The van der Waals surface area contributed by atoms with Crippen molar-refractivity contribution in [3.8, 4) is 0 Å². The minimum absolute atomic E-state index is 0.556. The molecule has 1 fully saturated rings. The predicted octanol–water partition coefficient (Wildman–Crippen LogP) is 6.20. The maximum atomic E-state index is 6.35. The summed E-state index contributed by atoms with van der Waals surface area (Å²) in [6.07, 6.45) is 10.8. The van der Waals surface area contributed by atoms with Gasteiger partial charge in [0.1, 0.15) is 0 Å². The van der Waals surface area contributed by atoms with Crippen LogP contribution in [0.15, 0.2) is 46.6 Å². The van der Waals surface area contributed by atoms with Gasteiger partial charge in [-0.2, -0.15) is 0 Å². The number of hydrogen-bond donors (Lipinski definition) is 0. The first-order chi connectivity index (χ1) is 13.2. The molecule has 2 aromatic heterocycles. The van der Waals surface area contributed by atoms with Crippen LogP contribution in [-0.4, -0.2) is 27.5 Å². The number of halogens is 2. The normalized spacial score (nSPS) is 15.6. The first-order valence-electron chi connectivity index (χ1n) is 9.36. The number of imidazole rings is 1. The molecule has 0 aliphatic carbocycles. The maximum Gasteiger partial charge on any atom is 0.211 e. The van der Waals surface area contributed by atoms with E-state index in [0.717, 1.165) is 40.4 Å². The third-order valence-electron chi connectivity index (χ3n) is 5.10. The van der Waals surface area contributed by atoms with Crippen LogP contribution in [0.2, 0.25) is 10.0 Å². The van der Waals surface area contributed by atoms with Crippen LogP contribution >= 0.6 is 35.0 Å². The van der Waals surface area contributed by atoms with Crippen molar-refractivity contribution in [2.75, 3.05) is 18.0 Å². The molecular weight excluding hydrogens is 399 g/mol. The molecule has 1 aliphatic rings. The van der Waals surface area contributed by atoms with Crippen molar-refractivity contribution in [1.82, 2.24) is 14.4 Å². The molecule has 1 aromatic carbocycles. The number of nitrogens with zero attached hydrogens (tertiary/aromatic N) is 4. The molecule has 1 saturated heterocycles. The molecule has 27 heavy (non-hydrogen) atoms. The van der Waals surface area contributed by atoms with Crippen LogP contribution in [0.5, 0.6) is 0 Å². The fourth-order valence-corrected chi connectivity index (χ4v) is 5.10. The predicted molar refractivity (Wildman–Crippen MR) is 113 cm³/mol. The smallest absolute Gasteiger partial charge is 0.211 e. The van der Waals surface area contributed by atoms with Crippen molar-refractivity contribution in [3.05, 3.63) is 46.8 Å². The molecule has 7 heteroatoms. The second-order valence-electron chi connectivity index (χ2n) is 6.92. The molecule has 4 nitrogen and oxygen atoms in total. The van der Waals surface area contributed by atoms with Crippen molar-refractivity contribution in [2.45, 2.75) is 42.4 Å². The molecule has 3 aromatic rings. The topological polar surface area (TPSA) is 33.4 Å². The minimum atomic E-state index is 0.556. The number of aromatic nitrogens is 3. The Morgan fingerprint density at radius 1 is 1.15 bits per heavy atom. The fraction of sp³-hybridized carbons (Fsp3) is 0.400. The zero-order valence-corrected chi connectivity index (χ0v) is 17.6. The highest BCUT2D eigenvalue weighted by molar-refractivity contribution is 7.99. The second-order valence-corrected chi connectivity index (χ2v) is 8.79. The molecule has 0 spiro atoms. The molecule has 142 valence electrons. The number of fused-ring (bicyclic) bond motifs is 1. The molecule has 0 saturated carbocycles. The van der Waals surface area contributed by atoms with E-state index in [9.17, 15) is 0 Å². The molecule has 0 N–H and O–H groups in total. The van der Waals surface area contributed by atoms with Gasteiger partial charge in [0.15, 0.2) is 5.65 Å². The van der Waals surface area contributed by atoms with E-state index in [0.29, 0.717) is 10.0 Å². The Kier molecular flexibility index (Phi) is 5.81. The summed E-state index contributed by atoms with van der Waals surface area (Å²) in [7, 11) is 0. The Bertz CT molecular complexity index is 935. The highest BCUT2D eigenvalue weighted by atomic mass is 35.5. The van der Waals surface area contributed by atoms with Gasteiger partial charge in [-0.1, -0.05) is 60.8 Å². The van der Waals surface area contributed by atoms with E-state index < -0.39 is 0 Å². The number of anilines is 1. The van der Waals surface area contributed by atoms with Gasteiger partial charge in [-0.3, -0.25) is 4.40 Å². The summed E-state index contributed by atoms with van der Waals surface area (Å²) in [4.78, 5) is 13.6. The number of piperidine rings is 1. The number of benzene rings is 1. The zero-order chi connectivity index (χ0) is 18.8. The average Bonchev–Trinajstić information content (AvgIpc) is 3.17. The van der Waals surface area contributed by atoms with Crippen molar-refractivity contribution < 1.29 is 0 Å². The van der Waals surface area contributed by atoms with E-state index >= 15 is 0 Å². The van der Waals surface area contributed by atoms with E-state index in [2.05, 4.69) is 21.2 Å². The summed E-state index contributed by atoms with van der Waals surface area (Å²) < 4.78 is 2.08. The largest absolute Gasteiger partial charge is 0.342 e. The van der Waals surface area contributed by atoms with Crippen LogP contribution in [0.1, 0.15) is 32.6 Å². The van der Waals surface area contributed by atoms with Gasteiger partial charge in [0.05, 0.1) is 14.9 Å². The molecule has 1 aliphatic heterocycles. The van der Waals surface area contributed by atoms with E-state index in [1.165, 1.54) is 25.7 Å². The molecule has 0 radical (unpaired) electrons. The number of hydrogen-bond acceptors (Lipinski definition) is 4. The van der Waals surface area contributed by atoms with Crippen molar-refractivity contribution in [2.24, 2.45) is 5.92 Å². The van der Waals surface area contributed by atoms with Crippen molar-refractivity contribution >= 4 is 46.6 Å². The lowest BCUT2D eigenvalue weighted by molar-refractivity contribution is 0.375. The summed E-state index contributed by atoms with van der Waals surface area (Å²) in [5.41, 5.74) is 0.900. The van der Waals surface area contributed by atoms with E-state index in [4.69, 9.17) is 28.2 Å². The molecule has 0 bridgehead atoms. The van der Waals surface area contributed by atoms with Crippen LogP contribution in [-0.2, 0) is 0 Å². The van der Waals surface area contributed by atoms with Gasteiger partial charge >= 0.3 is 0 Å². The van der Waals surface area contributed by atoms with Crippen LogP contribution in [0.3, 0.4) is 0 Å². The van der Waals surface area contributed by atoms with Crippen LogP contribution in [0.25, 0.3) is 5.65 Å². The third kappa shape index (κ3) is 3.91. The van der Waals surface area contributed by atoms with Gasteiger partial charge < -0.3 is 4.90 Å². The molecule has 3 heterocycles. The standard InChI is InChI=1S/C20H22Cl2N4S/c1-2-4-14-7-10-25(11-8-14)20-24-13-17(19-23-9-12-26(19)20)27-16-6-3-5-15(21)18(16)22/h3,5-6,9,12-14H,2,4,7-8,10-11H2,1H3. The summed E-state index contributed by atoms with van der Waals surface area (Å²) in [6, 6.07) is 5.66. The lowest BCUT2D eigenvalue weighted by atomic mass is 9.93. The third-order valence-corrected chi connectivity index (χ3v) is 7.10. The lowest BCUT2D eigenvalue weighted by Crippen LogP contribution is -2.35. The van der Waals surface area contributed by atoms with Gasteiger partial charge in [-0.15, -0.1) is 0 Å². The van der Waals surface area contributed by atoms with Gasteiger partial charge in [-0.25, -0.2) is 9.97 Å². The monoisotopic (exact) mass is 420 g/mol. The fourth-order valence-electron chi connectivity index (χ4n) is 3.70. The average molecular weight is 421 g/mol. The van der Waals surface area contributed by atoms with Gasteiger partial charge in [-0.05, 0) is 30.9 Å². The van der Waals surface area contributed by atoms with Crippen LogP contribution in [0, 0.1) is 5.92 Å². The maximum absolute atomic E-state index is 6.35. The second kappa shape index (κ2) is 8.29. The highest BCUT2D eigenvalue weighted by Crippen LogP contribution is 2.38. The first-order valence-corrected chi connectivity index (χ1v) is 10.9. The summed E-state index contributed by atoms with van der Waals surface area (Å²) >= 11 is 14.0. The Morgan fingerprint density at radius 3 is 2.74 bits per heavy atom. The van der Waals surface area contributed by atoms with Gasteiger partial charge in [0.2, 0.25) is 5.95 Å². The molecule has 0 amide bonds. The minimum Gasteiger partial charge on any atom is -0.342 e. The highest BCUT2D eigenvalue weighted by Gasteiger charge is 2.22. The van der Waals surface area contributed by atoms with Crippen molar-refractivity contribution in [3.63, 3.8) is 0 Å². The first kappa shape index (κ1) is 18.9. The van der Waals surface area contributed by atoms with E-state index in [-0.39, 0.29) is 0 Å². The molecule has 0 atom stereocenters. The summed E-state index contributed by atoms with van der Waals surface area (Å²) in [6.45, 7) is 4.38. The van der Waals surface area contributed by atoms with Crippen LogP contribution < -0.4 is 4.90 Å². The van der Waals surface area contributed by atoms with Gasteiger partial charge in [0.25, 0.3) is 0 Å². The Morgan fingerprint density at radius 2 is 1.96 bits per heavy atom. The Labute approximate surface area is 173 Å². The quantitative estimate of drug-likeness (QED) is 0.491. The summed E-state index contributed by atoms with van der Waals surface area (Å²) in [5.74, 6) is 1.82. The number of rotatable bonds is 5. The van der Waals surface area contributed by atoms with E-state index in [1.807, 2.05) is 30.7 Å². The van der Waals surface area contributed by atoms with Gasteiger partial charge in [0, 0.05) is 36.6 Å². The van der Waals surface area contributed by atoms with Crippen molar-refractivity contribution in [1.29, 1.82) is 0 Å². The summed E-state index contributed by atoms with van der Waals surface area (Å²) in [5, 5.41) is 1.12. The molecular formula is C20H22Cl2N4S. The molecule has 4 rings (SSSR count). The SMILES string of the molecule is CCCC1CCN(c2ncc(Sc3cccc(Cl)c3Cl)c3nccn23)CC1. The Hall–Kier alpha value is -1.43.